The molecule has 17 heavy (non-hydrogen) atoms. The lowest BCUT2D eigenvalue weighted by Gasteiger charge is -2.45. The van der Waals surface area contributed by atoms with Gasteiger partial charge in [0.2, 0.25) is 0 Å². The quantitative estimate of drug-likeness (QED) is 0.751. The van der Waals surface area contributed by atoms with Gasteiger partial charge in [-0.3, -0.25) is 4.90 Å². The van der Waals surface area contributed by atoms with Crippen molar-refractivity contribution in [2.75, 3.05) is 0 Å². The van der Waals surface area contributed by atoms with Crippen LogP contribution in [0.2, 0.25) is 0 Å². The van der Waals surface area contributed by atoms with Crippen LogP contribution < -0.4 is 0 Å². The monoisotopic (exact) mass is 251 g/mol. The molecule has 1 rings (SSSR count). The van der Waals surface area contributed by atoms with E-state index in [9.17, 15) is 18.7 Å². The van der Waals surface area contributed by atoms with Crippen molar-refractivity contribution in [3.05, 3.63) is 0 Å². The highest BCUT2D eigenvalue weighted by atomic mass is 19.3. The zero-order chi connectivity index (χ0) is 13.4. The van der Waals surface area contributed by atoms with Gasteiger partial charge in [0, 0.05) is 12.0 Å². The molecule has 0 aliphatic heterocycles. The molecule has 1 saturated carbocycles. The highest BCUT2D eigenvalue weighted by Crippen LogP contribution is 2.37. The van der Waals surface area contributed by atoms with E-state index in [2.05, 4.69) is 0 Å². The molecule has 1 amide bonds. The maximum atomic E-state index is 13.4. The molecular weight excluding hydrogens is 232 g/mol. The predicted molar refractivity (Wildman–Crippen MR) is 58.2 cm³/mol. The standard InChI is InChI=1S/C11H19F2NO3/c1-10(2,3)14(9(16)17)7-5-4-6-11(12,13)8(7)15/h7-8,15H,4-6H2,1-3H3,(H,16,17)/t7-,8?/m1/s1. The van der Waals surface area contributed by atoms with Crippen LogP contribution in [-0.2, 0) is 0 Å². The van der Waals surface area contributed by atoms with Crippen LogP contribution in [0.15, 0.2) is 0 Å². The molecular formula is C11H19F2NO3. The molecule has 0 aromatic heterocycles. The molecule has 4 nitrogen and oxygen atoms in total. The number of alkyl halides is 2. The van der Waals surface area contributed by atoms with Crippen LogP contribution in [0.5, 0.6) is 0 Å². The Balaban J connectivity index is 2.99. The Morgan fingerprint density at radius 3 is 2.35 bits per heavy atom. The van der Waals surface area contributed by atoms with Crippen molar-refractivity contribution in [2.24, 2.45) is 0 Å². The van der Waals surface area contributed by atoms with Gasteiger partial charge in [0.15, 0.2) is 0 Å². The Bertz CT molecular complexity index is 302. The maximum Gasteiger partial charge on any atom is 0.408 e. The van der Waals surface area contributed by atoms with Crippen molar-refractivity contribution in [1.29, 1.82) is 0 Å². The summed E-state index contributed by atoms with van der Waals surface area (Å²) in [5.41, 5.74) is -0.815. The highest BCUT2D eigenvalue weighted by molar-refractivity contribution is 5.66. The molecule has 0 bridgehead atoms. The van der Waals surface area contributed by atoms with E-state index in [1.165, 1.54) is 0 Å². The summed E-state index contributed by atoms with van der Waals surface area (Å²) in [6, 6.07) is -1.05. The Morgan fingerprint density at radius 2 is 1.94 bits per heavy atom. The number of carbonyl (C=O) groups is 1. The Morgan fingerprint density at radius 1 is 1.41 bits per heavy atom. The van der Waals surface area contributed by atoms with Crippen LogP contribution in [0.4, 0.5) is 13.6 Å². The summed E-state index contributed by atoms with van der Waals surface area (Å²) in [4.78, 5) is 12.1. The van der Waals surface area contributed by atoms with Crippen LogP contribution in [0, 0.1) is 0 Å². The molecule has 2 N–H and O–H groups in total. The first kappa shape index (κ1) is 14.2. The van der Waals surface area contributed by atoms with E-state index >= 15 is 0 Å². The summed E-state index contributed by atoms with van der Waals surface area (Å²) < 4.78 is 26.8. The third-order valence-corrected chi connectivity index (χ3v) is 3.07. The SMILES string of the molecule is CC(C)(C)N(C(=O)O)[C@@H]1CCCC(F)(F)C1O. The highest BCUT2D eigenvalue weighted by Gasteiger charge is 2.50. The predicted octanol–water partition coefficient (Wildman–Crippen LogP) is 2.31. The van der Waals surface area contributed by atoms with E-state index in [0.29, 0.717) is 0 Å². The Hall–Kier alpha value is -0.910. The first-order valence-electron chi connectivity index (χ1n) is 5.65. The van der Waals surface area contributed by atoms with Crippen molar-refractivity contribution in [2.45, 2.75) is 63.6 Å². The molecule has 1 aliphatic carbocycles. The molecule has 0 spiro atoms. The molecule has 1 unspecified atom stereocenters. The molecule has 1 aliphatic rings. The van der Waals surface area contributed by atoms with Crippen molar-refractivity contribution in [3.63, 3.8) is 0 Å². The molecule has 0 saturated heterocycles. The normalized spacial score (nSPS) is 28.8. The molecule has 6 heteroatoms. The van der Waals surface area contributed by atoms with Crippen molar-refractivity contribution in [3.8, 4) is 0 Å². The van der Waals surface area contributed by atoms with E-state index in [1.54, 1.807) is 20.8 Å². The summed E-state index contributed by atoms with van der Waals surface area (Å²) in [7, 11) is 0. The van der Waals surface area contributed by atoms with Crippen LogP contribution in [0.25, 0.3) is 0 Å². The summed E-state index contributed by atoms with van der Waals surface area (Å²) in [5, 5.41) is 18.7. The van der Waals surface area contributed by atoms with Gasteiger partial charge in [-0.25, -0.2) is 13.6 Å². The topological polar surface area (TPSA) is 60.8 Å². The third kappa shape index (κ3) is 2.86. The number of amides is 1. The minimum atomic E-state index is -3.21. The first-order valence-corrected chi connectivity index (χ1v) is 5.65. The lowest BCUT2D eigenvalue weighted by atomic mass is 9.86. The maximum absolute atomic E-state index is 13.4. The van der Waals surface area contributed by atoms with E-state index in [1.807, 2.05) is 0 Å². The fourth-order valence-corrected chi connectivity index (χ4v) is 2.33. The lowest BCUT2D eigenvalue weighted by molar-refractivity contribution is -0.165. The van der Waals surface area contributed by atoms with E-state index in [0.717, 1.165) is 4.90 Å². The summed E-state index contributed by atoms with van der Waals surface area (Å²) in [6.45, 7) is 4.88. The van der Waals surface area contributed by atoms with E-state index in [4.69, 9.17) is 5.11 Å². The number of carboxylic acid groups (broad SMARTS) is 1. The Labute approximate surface area is 99.2 Å². The van der Waals surface area contributed by atoms with Crippen LogP contribution in [-0.4, -0.2) is 44.8 Å². The fraction of sp³-hybridized carbons (Fsp3) is 0.909. The van der Waals surface area contributed by atoms with Crippen LogP contribution in [0.1, 0.15) is 40.0 Å². The van der Waals surface area contributed by atoms with Crippen molar-refractivity contribution >= 4 is 6.09 Å². The number of hydrogen-bond donors (Lipinski definition) is 2. The van der Waals surface area contributed by atoms with Crippen LogP contribution >= 0.6 is 0 Å². The van der Waals surface area contributed by atoms with Crippen molar-refractivity contribution in [1.82, 2.24) is 4.90 Å². The molecule has 1 fully saturated rings. The smallest absolute Gasteiger partial charge is 0.408 e. The first-order chi connectivity index (χ1) is 7.57. The van der Waals surface area contributed by atoms with Crippen LogP contribution in [0.3, 0.4) is 0 Å². The summed E-state index contributed by atoms with van der Waals surface area (Å²) in [6.07, 6.45) is -3.11. The number of halogens is 2. The van der Waals surface area contributed by atoms with E-state index in [-0.39, 0.29) is 19.3 Å². The summed E-state index contributed by atoms with van der Waals surface area (Å²) in [5.74, 6) is -3.21. The lowest BCUT2D eigenvalue weighted by Crippen LogP contribution is -2.60. The molecule has 100 valence electrons. The second kappa shape index (κ2) is 4.40. The molecule has 0 aromatic rings. The summed E-state index contributed by atoms with van der Waals surface area (Å²) >= 11 is 0. The van der Waals surface area contributed by atoms with Gasteiger partial charge < -0.3 is 10.2 Å². The number of hydrogen-bond acceptors (Lipinski definition) is 2. The number of aliphatic hydroxyl groups excluding tert-OH is 1. The van der Waals surface area contributed by atoms with Gasteiger partial charge in [-0.15, -0.1) is 0 Å². The van der Waals surface area contributed by atoms with Gasteiger partial charge in [0.1, 0.15) is 6.10 Å². The van der Waals surface area contributed by atoms with Gasteiger partial charge in [0.25, 0.3) is 5.92 Å². The zero-order valence-corrected chi connectivity index (χ0v) is 10.3. The molecule has 2 atom stereocenters. The van der Waals surface area contributed by atoms with Gasteiger partial charge in [-0.2, -0.15) is 0 Å². The second-order valence-corrected chi connectivity index (χ2v) is 5.49. The Kier molecular flexibility index (Phi) is 3.66. The number of nitrogens with zero attached hydrogens (tertiary/aromatic N) is 1. The van der Waals surface area contributed by atoms with Gasteiger partial charge in [-0.1, -0.05) is 0 Å². The third-order valence-electron chi connectivity index (χ3n) is 3.07. The minimum Gasteiger partial charge on any atom is -0.465 e. The number of aliphatic hydroxyl groups is 1. The average Bonchev–Trinajstić information content (AvgIpc) is 2.09. The van der Waals surface area contributed by atoms with Gasteiger partial charge in [0.05, 0.1) is 6.04 Å². The van der Waals surface area contributed by atoms with Crippen molar-refractivity contribution < 1.29 is 23.8 Å². The zero-order valence-electron chi connectivity index (χ0n) is 10.3. The average molecular weight is 251 g/mol. The molecule has 0 heterocycles. The second-order valence-electron chi connectivity index (χ2n) is 5.49. The van der Waals surface area contributed by atoms with Gasteiger partial charge in [-0.05, 0) is 33.6 Å². The minimum absolute atomic E-state index is 0.217. The molecule has 0 aromatic carbocycles. The fourth-order valence-electron chi connectivity index (χ4n) is 2.33. The van der Waals surface area contributed by atoms with Gasteiger partial charge >= 0.3 is 6.09 Å². The van der Waals surface area contributed by atoms with E-state index < -0.39 is 29.7 Å². The molecule has 0 radical (unpaired) electrons. The number of rotatable bonds is 1. The largest absolute Gasteiger partial charge is 0.465 e.